The first-order chi connectivity index (χ1) is 16.3. The smallest absolute Gasteiger partial charge is 0.297 e. The minimum Gasteiger partial charge on any atom is -0.485 e. The van der Waals surface area contributed by atoms with Crippen molar-refractivity contribution in [2.24, 2.45) is 0 Å². The van der Waals surface area contributed by atoms with Crippen LogP contribution in [0.25, 0.3) is 10.9 Å². The third-order valence-corrected chi connectivity index (χ3v) is 5.33. The van der Waals surface area contributed by atoms with E-state index in [1.54, 1.807) is 10.6 Å². The molecule has 1 amide bonds. The first kappa shape index (κ1) is 27.0. The molecule has 2 rings (SSSR count). The number of amides is 1. The van der Waals surface area contributed by atoms with Gasteiger partial charge in [0.2, 0.25) is 11.7 Å². The third-order valence-electron chi connectivity index (χ3n) is 5.33. The van der Waals surface area contributed by atoms with Crippen LogP contribution in [0.3, 0.4) is 0 Å². The zero-order valence-electron chi connectivity index (χ0n) is 21.2. The van der Waals surface area contributed by atoms with Crippen LogP contribution in [0.15, 0.2) is 58.9 Å². The Morgan fingerprint density at radius 3 is 2.47 bits per heavy atom. The average molecular weight is 467 g/mol. The van der Waals surface area contributed by atoms with Crippen LogP contribution in [0.1, 0.15) is 60.3 Å². The Hall–Kier alpha value is -3.28. The van der Waals surface area contributed by atoms with Crippen molar-refractivity contribution in [3.63, 3.8) is 0 Å². The quantitative estimate of drug-likeness (QED) is 0.347. The van der Waals surface area contributed by atoms with Gasteiger partial charge < -0.3 is 19.4 Å². The molecule has 0 aliphatic heterocycles. The van der Waals surface area contributed by atoms with Gasteiger partial charge in [0.25, 0.3) is 5.56 Å². The highest BCUT2D eigenvalue weighted by atomic mass is 16.5. The number of aryl methyl sites for hydroxylation is 1. The van der Waals surface area contributed by atoms with Crippen molar-refractivity contribution in [1.29, 1.82) is 0 Å². The molecular formula is C28H38N2O4. The molecule has 2 aromatic rings. The number of aromatic nitrogens is 1. The normalized spacial score (nSPS) is 11.3. The summed E-state index contributed by atoms with van der Waals surface area (Å²) in [6, 6.07) is 5.49. The second-order valence-electron chi connectivity index (χ2n) is 8.66. The fourth-order valence-electron chi connectivity index (χ4n) is 3.59. The number of carbonyl (C=O) groups is 1. The van der Waals surface area contributed by atoms with Crippen molar-refractivity contribution in [1.82, 2.24) is 4.57 Å². The van der Waals surface area contributed by atoms with E-state index in [-0.39, 0.29) is 23.8 Å². The summed E-state index contributed by atoms with van der Waals surface area (Å²) in [4.78, 5) is 25.1. The molecular weight excluding hydrogens is 428 g/mol. The molecule has 0 aliphatic carbocycles. The van der Waals surface area contributed by atoms with Crippen molar-refractivity contribution in [3.05, 3.63) is 64.5 Å². The summed E-state index contributed by atoms with van der Waals surface area (Å²) in [6.07, 6.45) is 9.59. The first-order valence-electron chi connectivity index (χ1n) is 11.9. The van der Waals surface area contributed by atoms with Gasteiger partial charge in [-0.25, -0.2) is 0 Å². The third kappa shape index (κ3) is 7.65. The zero-order valence-corrected chi connectivity index (χ0v) is 21.2. The summed E-state index contributed by atoms with van der Waals surface area (Å²) in [6.45, 7) is 14.6. The van der Waals surface area contributed by atoms with Gasteiger partial charge in [-0.2, -0.15) is 0 Å². The number of rotatable bonds is 13. The van der Waals surface area contributed by atoms with E-state index in [4.69, 9.17) is 9.47 Å². The molecule has 0 fully saturated rings. The SMILES string of the molecule is C=CCOc1c(OCC=C(C)CCC=C(C)C)c2ccc(NC(C)=O)cc2n(CCCC)c1=O. The number of hydrogen-bond donors (Lipinski definition) is 1. The summed E-state index contributed by atoms with van der Waals surface area (Å²) in [5, 5.41) is 3.56. The molecule has 34 heavy (non-hydrogen) atoms. The number of unbranched alkanes of at least 4 members (excludes halogenated alkanes) is 1. The molecule has 6 heteroatoms. The van der Waals surface area contributed by atoms with E-state index in [0.29, 0.717) is 30.1 Å². The number of nitrogens with zero attached hydrogens (tertiary/aromatic N) is 1. The van der Waals surface area contributed by atoms with Crippen LogP contribution in [-0.2, 0) is 11.3 Å². The Morgan fingerprint density at radius 2 is 1.82 bits per heavy atom. The molecule has 0 aliphatic rings. The average Bonchev–Trinajstić information content (AvgIpc) is 2.77. The van der Waals surface area contributed by atoms with Gasteiger partial charge in [0.05, 0.1) is 5.52 Å². The lowest BCUT2D eigenvalue weighted by atomic mass is 10.1. The Balaban J connectivity index is 2.53. The molecule has 0 spiro atoms. The molecule has 6 nitrogen and oxygen atoms in total. The number of carbonyl (C=O) groups excluding carboxylic acids is 1. The molecule has 0 bridgehead atoms. The van der Waals surface area contributed by atoms with Crippen molar-refractivity contribution in [2.45, 2.75) is 66.8 Å². The van der Waals surface area contributed by atoms with Crippen molar-refractivity contribution in [3.8, 4) is 11.5 Å². The van der Waals surface area contributed by atoms with E-state index < -0.39 is 0 Å². The molecule has 1 aromatic heterocycles. The summed E-state index contributed by atoms with van der Waals surface area (Å²) in [7, 11) is 0. The van der Waals surface area contributed by atoms with E-state index >= 15 is 0 Å². The molecule has 0 atom stereocenters. The summed E-state index contributed by atoms with van der Waals surface area (Å²) in [5.74, 6) is 0.432. The monoisotopic (exact) mass is 466 g/mol. The van der Waals surface area contributed by atoms with Gasteiger partial charge in [-0.1, -0.05) is 43.2 Å². The molecule has 0 unspecified atom stereocenters. The fourth-order valence-corrected chi connectivity index (χ4v) is 3.59. The lowest BCUT2D eigenvalue weighted by Gasteiger charge is -2.19. The standard InChI is InChI=1S/C28H38N2O4/c1-7-9-16-30-25-19-23(29-22(6)31)13-14-24(25)26(27(28(30)32)33-17-8-2)34-18-15-21(5)12-10-11-20(3)4/h8,11,13-15,19H,2,7,9-10,12,16-18H2,1,3-6H3,(H,29,31). The van der Waals surface area contributed by atoms with Gasteiger partial charge in [0.1, 0.15) is 13.2 Å². The van der Waals surface area contributed by atoms with E-state index in [1.807, 2.05) is 24.3 Å². The van der Waals surface area contributed by atoms with Gasteiger partial charge in [-0.05, 0) is 64.3 Å². The summed E-state index contributed by atoms with van der Waals surface area (Å²) >= 11 is 0. The highest BCUT2D eigenvalue weighted by molar-refractivity contribution is 5.94. The van der Waals surface area contributed by atoms with Crippen molar-refractivity contribution in [2.75, 3.05) is 18.5 Å². The zero-order chi connectivity index (χ0) is 25.1. The predicted molar refractivity (Wildman–Crippen MR) is 141 cm³/mol. The second kappa shape index (κ2) is 13.4. The van der Waals surface area contributed by atoms with Gasteiger partial charge in [0.15, 0.2) is 5.75 Å². The fraction of sp³-hybridized carbons (Fsp3) is 0.429. The maximum Gasteiger partial charge on any atom is 0.297 e. The number of pyridine rings is 1. The van der Waals surface area contributed by atoms with E-state index in [0.717, 1.165) is 31.1 Å². The number of ether oxygens (including phenoxy) is 2. The van der Waals surface area contributed by atoms with E-state index in [2.05, 4.69) is 45.7 Å². The van der Waals surface area contributed by atoms with E-state index in [1.165, 1.54) is 18.1 Å². The Morgan fingerprint density at radius 1 is 1.09 bits per heavy atom. The van der Waals surface area contributed by atoms with Gasteiger partial charge in [-0.3, -0.25) is 9.59 Å². The number of nitrogens with one attached hydrogen (secondary N) is 1. The lowest BCUT2D eigenvalue weighted by molar-refractivity contribution is -0.114. The van der Waals surface area contributed by atoms with Crippen LogP contribution in [-0.4, -0.2) is 23.7 Å². The van der Waals surface area contributed by atoms with Crippen LogP contribution in [0.2, 0.25) is 0 Å². The predicted octanol–water partition coefficient (Wildman–Crippen LogP) is 6.40. The maximum absolute atomic E-state index is 13.5. The minimum atomic E-state index is -0.248. The Bertz CT molecular complexity index is 1120. The molecule has 1 aromatic carbocycles. The molecule has 184 valence electrons. The maximum atomic E-state index is 13.5. The second-order valence-corrected chi connectivity index (χ2v) is 8.66. The summed E-state index contributed by atoms with van der Waals surface area (Å²) < 4.78 is 13.7. The highest BCUT2D eigenvalue weighted by Crippen LogP contribution is 2.34. The number of fused-ring (bicyclic) bond motifs is 1. The molecule has 0 saturated carbocycles. The molecule has 1 heterocycles. The summed E-state index contributed by atoms with van der Waals surface area (Å²) in [5.41, 5.74) is 3.61. The number of hydrogen-bond acceptors (Lipinski definition) is 4. The van der Waals surface area contributed by atoms with Gasteiger partial charge in [-0.15, -0.1) is 0 Å². The molecule has 0 radical (unpaired) electrons. The lowest BCUT2D eigenvalue weighted by Crippen LogP contribution is -2.24. The first-order valence-corrected chi connectivity index (χ1v) is 11.9. The molecule has 0 saturated heterocycles. The van der Waals surface area contributed by atoms with Crippen LogP contribution >= 0.6 is 0 Å². The Kier molecular flexibility index (Phi) is 10.7. The van der Waals surface area contributed by atoms with Crippen LogP contribution < -0.4 is 20.3 Å². The van der Waals surface area contributed by atoms with Crippen LogP contribution in [0, 0.1) is 0 Å². The number of anilines is 1. The molecule has 1 N–H and O–H groups in total. The number of benzene rings is 1. The van der Waals surface area contributed by atoms with Crippen molar-refractivity contribution < 1.29 is 14.3 Å². The largest absolute Gasteiger partial charge is 0.485 e. The van der Waals surface area contributed by atoms with E-state index in [9.17, 15) is 9.59 Å². The minimum absolute atomic E-state index is 0.169. The van der Waals surface area contributed by atoms with Gasteiger partial charge >= 0.3 is 0 Å². The topological polar surface area (TPSA) is 69.6 Å². The van der Waals surface area contributed by atoms with Crippen LogP contribution in [0.5, 0.6) is 11.5 Å². The highest BCUT2D eigenvalue weighted by Gasteiger charge is 2.20. The Labute approximate surface area is 203 Å². The number of allylic oxidation sites excluding steroid dienone is 3. The van der Waals surface area contributed by atoms with Crippen molar-refractivity contribution >= 4 is 22.5 Å². The van der Waals surface area contributed by atoms with Gasteiger partial charge in [0, 0.05) is 24.5 Å². The van der Waals surface area contributed by atoms with Crippen LogP contribution in [0.4, 0.5) is 5.69 Å².